The molecular weight excluding hydrogens is 925 g/mol. The summed E-state index contributed by atoms with van der Waals surface area (Å²) in [5.41, 5.74) is 0.497. The Morgan fingerprint density at radius 2 is 0.803 bits per heavy atom. The predicted molar refractivity (Wildman–Crippen MR) is 225 cm³/mol. The number of carbonyl (C=O) groups is 6. The van der Waals surface area contributed by atoms with E-state index in [1.54, 1.807) is 12.1 Å². The highest BCUT2D eigenvalue weighted by Gasteiger charge is 2.68. The highest BCUT2D eigenvalue weighted by molar-refractivity contribution is 6.30. The number of carbonyl (C=O) groups excluding carboxylic acids is 6. The van der Waals surface area contributed by atoms with Gasteiger partial charge in [-0.05, 0) is 73.5 Å². The standard InChI is InChI=1S/2C23H21ClF3NO5/c2*1-3-33-21(30)16-17(23(25,26)27)19(22(31)32-2)28(20(29)14-7-5-4-6-8-14)18(16)13-9-11-15(24)12-10-13/h2*4-12,16-19H,3H2,1-2H3/t2*16-,17-,18+,19+/m00/s1. The molecule has 8 atom stereocenters. The van der Waals surface area contributed by atoms with Crippen LogP contribution in [0.15, 0.2) is 109 Å². The van der Waals surface area contributed by atoms with Crippen LogP contribution in [-0.4, -0.2) is 97.4 Å². The second-order valence-corrected chi connectivity index (χ2v) is 15.6. The van der Waals surface area contributed by atoms with Gasteiger partial charge >= 0.3 is 36.2 Å². The van der Waals surface area contributed by atoms with Crippen molar-refractivity contribution in [2.75, 3.05) is 27.4 Å². The quantitative estimate of drug-likeness (QED) is 0.0859. The van der Waals surface area contributed by atoms with Crippen molar-refractivity contribution in [2.24, 2.45) is 23.7 Å². The number of ether oxygens (including phenoxy) is 4. The van der Waals surface area contributed by atoms with E-state index < -0.39 is 95.9 Å². The average Bonchev–Trinajstić information content (AvgIpc) is 3.86. The molecule has 2 fully saturated rings. The number of amides is 2. The van der Waals surface area contributed by atoms with Gasteiger partial charge in [0.25, 0.3) is 11.8 Å². The first-order valence-corrected chi connectivity index (χ1v) is 20.9. The van der Waals surface area contributed by atoms with E-state index in [0.29, 0.717) is 10.0 Å². The molecule has 2 saturated heterocycles. The third kappa shape index (κ3) is 10.8. The molecule has 2 heterocycles. The van der Waals surface area contributed by atoms with Gasteiger partial charge in [-0.15, -0.1) is 0 Å². The summed E-state index contributed by atoms with van der Waals surface area (Å²) in [5.74, 6) is -15.5. The van der Waals surface area contributed by atoms with Crippen LogP contribution in [0.2, 0.25) is 10.0 Å². The molecule has 352 valence electrons. The summed E-state index contributed by atoms with van der Waals surface area (Å²) in [5, 5.41) is 0.615. The second kappa shape index (κ2) is 21.4. The van der Waals surface area contributed by atoms with Crippen LogP contribution in [0.1, 0.15) is 57.8 Å². The van der Waals surface area contributed by atoms with Crippen LogP contribution in [0.3, 0.4) is 0 Å². The third-order valence-electron chi connectivity index (χ3n) is 11.0. The van der Waals surface area contributed by atoms with E-state index in [2.05, 4.69) is 9.47 Å². The summed E-state index contributed by atoms with van der Waals surface area (Å²) >= 11 is 11.9. The number of methoxy groups -OCH3 is 2. The van der Waals surface area contributed by atoms with Crippen LogP contribution < -0.4 is 0 Å². The molecule has 0 aliphatic carbocycles. The number of rotatable bonds is 10. The minimum atomic E-state index is -5.02. The lowest BCUT2D eigenvalue weighted by Crippen LogP contribution is -2.48. The zero-order valence-corrected chi connectivity index (χ0v) is 36.9. The molecule has 2 aliphatic heterocycles. The van der Waals surface area contributed by atoms with Gasteiger partial charge in [0.15, 0.2) is 0 Å². The monoisotopic (exact) mass is 966 g/mol. The SMILES string of the molecule is CCOC(=O)[C@H]1[C@H](C(F)(F)F)[C@H](C(=O)OC)N(C(=O)c2ccccc2)[C@@H]1c1ccc(Cl)cc1.CCOC(=O)[C@H]1[C@H](C(F)(F)F)[C@H](C(=O)OC)N(C(=O)c2ccccc2)[C@@H]1c1ccc(Cl)cc1. The molecule has 6 rings (SSSR count). The maximum Gasteiger partial charge on any atom is 0.395 e. The first-order valence-electron chi connectivity index (χ1n) is 20.1. The van der Waals surface area contributed by atoms with Gasteiger partial charge in [0.2, 0.25) is 0 Å². The number of alkyl halides is 6. The lowest BCUT2D eigenvalue weighted by Gasteiger charge is -2.31. The van der Waals surface area contributed by atoms with Crippen molar-refractivity contribution in [3.05, 3.63) is 141 Å². The summed E-state index contributed by atoms with van der Waals surface area (Å²) in [4.78, 5) is 79.7. The Bertz CT molecular complexity index is 2190. The van der Waals surface area contributed by atoms with Crippen LogP contribution in [-0.2, 0) is 38.1 Å². The Morgan fingerprint density at radius 3 is 1.06 bits per heavy atom. The number of hydrogen-bond donors (Lipinski definition) is 0. The second-order valence-electron chi connectivity index (χ2n) is 14.8. The van der Waals surface area contributed by atoms with Crippen LogP contribution >= 0.6 is 23.2 Å². The predicted octanol–water partition coefficient (Wildman–Crippen LogP) is 8.87. The molecule has 0 N–H and O–H groups in total. The van der Waals surface area contributed by atoms with Crippen LogP contribution in [0.5, 0.6) is 0 Å². The summed E-state index contributed by atoms with van der Waals surface area (Å²) in [6, 6.07) is 19.3. The van der Waals surface area contributed by atoms with Crippen molar-refractivity contribution in [3.63, 3.8) is 0 Å². The van der Waals surface area contributed by atoms with E-state index in [9.17, 15) is 55.1 Å². The fourth-order valence-corrected chi connectivity index (χ4v) is 8.65. The largest absolute Gasteiger partial charge is 0.467 e. The fraction of sp³-hybridized carbons (Fsp3) is 0.348. The maximum absolute atomic E-state index is 14.4. The van der Waals surface area contributed by atoms with Gasteiger partial charge in [0.05, 0.1) is 51.4 Å². The zero-order chi connectivity index (χ0) is 48.7. The lowest BCUT2D eigenvalue weighted by atomic mass is 9.84. The average molecular weight is 968 g/mol. The molecule has 0 spiro atoms. The molecule has 0 unspecified atom stereocenters. The van der Waals surface area contributed by atoms with Crippen LogP contribution in [0.4, 0.5) is 26.3 Å². The molecular formula is C46H42Cl2F6N2O10. The molecule has 0 saturated carbocycles. The summed E-state index contributed by atoms with van der Waals surface area (Å²) in [7, 11) is 1.85. The van der Waals surface area contributed by atoms with Crippen molar-refractivity contribution < 1.29 is 74.1 Å². The molecule has 20 heteroatoms. The van der Waals surface area contributed by atoms with Gasteiger partial charge in [-0.2, -0.15) is 26.3 Å². The summed E-state index contributed by atoms with van der Waals surface area (Å²) in [6.07, 6.45) is -10.0. The number of likely N-dealkylation sites (tertiary alicyclic amines) is 2. The van der Waals surface area contributed by atoms with Crippen molar-refractivity contribution in [3.8, 4) is 0 Å². The molecule has 0 radical (unpaired) electrons. The molecule has 66 heavy (non-hydrogen) atoms. The number of hydrogen-bond acceptors (Lipinski definition) is 10. The molecule has 4 aromatic carbocycles. The van der Waals surface area contributed by atoms with Crippen LogP contribution in [0, 0.1) is 23.7 Å². The van der Waals surface area contributed by atoms with Crippen molar-refractivity contribution >= 4 is 58.9 Å². The van der Waals surface area contributed by atoms with E-state index in [-0.39, 0.29) is 35.5 Å². The fourth-order valence-electron chi connectivity index (χ4n) is 8.40. The number of nitrogens with zero attached hydrogens (tertiary/aromatic N) is 2. The lowest BCUT2D eigenvalue weighted by molar-refractivity contribution is -0.202. The van der Waals surface area contributed by atoms with Gasteiger partial charge in [-0.3, -0.25) is 19.2 Å². The van der Waals surface area contributed by atoms with Crippen molar-refractivity contribution in [2.45, 2.75) is 50.4 Å². The van der Waals surface area contributed by atoms with Gasteiger partial charge in [0.1, 0.15) is 23.9 Å². The van der Waals surface area contributed by atoms with Crippen molar-refractivity contribution in [1.82, 2.24) is 9.80 Å². The number of halogens is 8. The first-order chi connectivity index (χ1) is 31.2. The Hall–Kier alpha value is -6.14. The minimum absolute atomic E-state index is 0.0517. The molecule has 0 aromatic heterocycles. The topological polar surface area (TPSA) is 146 Å². The minimum Gasteiger partial charge on any atom is -0.467 e. The Balaban J connectivity index is 0.000000247. The Kier molecular flexibility index (Phi) is 16.5. The molecule has 2 amide bonds. The summed E-state index contributed by atoms with van der Waals surface area (Å²) in [6.45, 7) is 2.56. The van der Waals surface area contributed by atoms with Gasteiger partial charge in [0, 0.05) is 21.2 Å². The Labute approximate surface area is 384 Å². The number of esters is 4. The first kappa shape index (κ1) is 50.9. The van der Waals surface area contributed by atoms with Gasteiger partial charge in [-0.25, -0.2) is 9.59 Å². The van der Waals surface area contributed by atoms with E-state index in [1.807, 2.05) is 0 Å². The molecule has 0 bridgehead atoms. The van der Waals surface area contributed by atoms with Crippen LogP contribution in [0.25, 0.3) is 0 Å². The maximum atomic E-state index is 14.4. The highest BCUT2D eigenvalue weighted by atomic mass is 35.5. The van der Waals surface area contributed by atoms with E-state index in [1.165, 1.54) is 111 Å². The van der Waals surface area contributed by atoms with Gasteiger partial charge in [-0.1, -0.05) is 83.9 Å². The summed E-state index contributed by atoms with van der Waals surface area (Å²) < 4.78 is 106. The Morgan fingerprint density at radius 1 is 0.500 bits per heavy atom. The normalized spacial score (nSPS) is 22.7. The van der Waals surface area contributed by atoms with E-state index in [0.717, 1.165) is 24.0 Å². The van der Waals surface area contributed by atoms with Gasteiger partial charge < -0.3 is 28.7 Å². The third-order valence-corrected chi connectivity index (χ3v) is 11.5. The number of benzene rings is 4. The highest BCUT2D eigenvalue weighted by Crippen LogP contribution is 2.54. The van der Waals surface area contributed by atoms with E-state index in [4.69, 9.17) is 32.7 Å². The van der Waals surface area contributed by atoms with Crippen molar-refractivity contribution in [1.29, 1.82) is 0 Å². The van der Waals surface area contributed by atoms with E-state index >= 15 is 0 Å². The zero-order valence-electron chi connectivity index (χ0n) is 35.4. The smallest absolute Gasteiger partial charge is 0.395 e. The molecule has 12 nitrogen and oxygen atoms in total. The molecule has 2 aliphatic rings. The molecule has 4 aromatic rings.